The molecule has 7 heteroatoms. The average Bonchev–Trinajstić information content (AvgIpc) is 2.29. The van der Waals surface area contributed by atoms with E-state index in [0.717, 1.165) is 11.8 Å². The molecule has 0 aliphatic heterocycles. The second kappa shape index (κ2) is 5.72. The van der Waals surface area contributed by atoms with Crippen LogP contribution in [0.4, 0.5) is 5.69 Å². The Bertz CT molecular complexity index is 438. The summed E-state index contributed by atoms with van der Waals surface area (Å²) >= 11 is 0.793. The van der Waals surface area contributed by atoms with Crippen LogP contribution in [-0.2, 0) is 4.74 Å². The van der Waals surface area contributed by atoms with Gasteiger partial charge in [0.25, 0.3) is 5.69 Å². The van der Waals surface area contributed by atoms with Gasteiger partial charge in [-0.15, -0.1) is 0 Å². The Hall–Kier alpha value is -2.07. The highest BCUT2D eigenvalue weighted by molar-refractivity contribution is 8.03. The summed E-state index contributed by atoms with van der Waals surface area (Å²) in [6, 6.07) is 5.04. The molecule has 0 saturated carbocycles. The van der Waals surface area contributed by atoms with Crippen molar-refractivity contribution in [3.8, 4) is 5.40 Å². The second-order valence-corrected chi connectivity index (χ2v) is 3.30. The van der Waals surface area contributed by atoms with E-state index in [9.17, 15) is 14.9 Å². The van der Waals surface area contributed by atoms with Crippen LogP contribution in [0.1, 0.15) is 10.4 Å². The van der Waals surface area contributed by atoms with Crippen LogP contribution in [-0.4, -0.2) is 16.8 Å². The Labute approximate surface area is 95.0 Å². The smallest absolute Gasteiger partial charge is 0.338 e. The summed E-state index contributed by atoms with van der Waals surface area (Å²) < 4.78 is 4.70. The first-order valence-electron chi connectivity index (χ1n) is 4.07. The number of hydrogen-bond donors (Lipinski definition) is 0. The van der Waals surface area contributed by atoms with Crippen molar-refractivity contribution in [2.24, 2.45) is 0 Å². The van der Waals surface area contributed by atoms with E-state index in [0.29, 0.717) is 0 Å². The molecule has 0 N–H and O–H groups in total. The summed E-state index contributed by atoms with van der Waals surface area (Å²) in [6.07, 6.45) is 0. The molecule has 0 radical (unpaired) electrons. The summed E-state index contributed by atoms with van der Waals surface area (Å²) in [5, 5.41) is 20.3. The maximum atomic E-state index is 11.3. The number of nitrogens with zero attached hydrogens (tertiary/aromatic N) is 2. The number of nitro benzene ring substituents is 1. The SMILES string of the molecule is N#CSCOC(=O)c1ccc([N+](=O)[O-])cc1. The molecule has 0 heterocycles. The Morgan fingerprint density at radius 2 is 2.12 bits per heavy atom. The highest BCUT2D eigenvalue weighted by Crippen LogP contribution is 2.13. The molecule has 82 valence electrons. The molecule has 0 atom stereocenters. The van der Waals surface area contributed by atoms with Crippen LogP contribution in [0, 0.1) is 20.8 Å². The lowest BCUT2D eigenvalue weighted by Gasteiger charge is -2.00. The fourth-order valence-corrected chi connectivity index (χ4v) is 1.13. The zero-order valence-electron chi connectivity index (χ0n) is 7.95. The molecule has 0 bridgehead atoms. The Kier molecular flexibility index (Phi) is 4.29. The van der Waals surface area contributed by atoms with E-state index in [-0.39, 0.29) is 17.2 Å². The average molecular weight is 238 g/mol. The molecule has 1 rings (SSSR count). The van der Waals surface area contributed by atoms with Crippen LogP contribution in [0.3, 0.4) is 0 Å². The maximum absolute atomic E-state index is 11.3. The third kappa shape index (κ3) is 3.25. The first-order chi connectivity index (χ1) is 7.65. The molecule has 0 saturated heterocycles. The normalized spacial score (nSPS) is 9.19. The molecule has 0 aliphatic carbocycles. The van der Waals surface area contributed by atoms with Crippen molar-refractivity contribution < 1.29 is 14.5 Å². The Morgan fingerprint density at radius 3 is 2.62 bits per heavy atom. The summed E-state index contributed by atoms with van der Waals surface area (Å²) in [7, 11) is 0. The number of hydrogen-bond acceptors (Lipinski definition) is 6. The minimum Gasteiger partial charge on any atom is -0.450 e. The highest BCUT2D eigenvalue weighted by atomic mass is 32.2. The number of nitriles is 1. The molecule has 1 aromatic carbocycles. The van der Waals surface area contributed by atoms with Crippen LogP contribution < -0.4 is 0 Å². The van der Waals surface area contributed by atoms with Crippen molar-refractivity contribution in [2.75, 3.05) is 5.94 Å². The predicted molar refractivity (Wildman–Crippen MR) is 56.6 cm³/mol. The van der Waals surface area contributed by atoms with Gasteiger partial charge in [0.05, 0.1) is 10.5 Å². The monoisotopic (exact) mass is 238 g/mol. The quantitative estimate of drug-likeness (QED) is 0.199. The van der Waals surface area contributed by atoms with Crippen LogP contribution in [0.15, 0.2) is 24.3 Å². The number of carbonyl (C=O) groups is 1. The van der Waals surface area contributed by atoms with Gasteiger partial charge in [-0.3, -0.25) is 10.1 Å². The van der Waals surface area contributed by atoms with E-state index >= 15 is 0 Å². The number of nitro groups is 1. The van der Waals surface area contributed by atoms with Gasteiger partial charge in [-0.25, -0.2) is 4.79 Å². The van der Waals surface area contributed by atoms with E-state index in [2.05, 4.69) is 0 Å². The number of benzene rings is 1. The summed E-state index contributed by atoms with van der Waals surface area (Å²) in [4.78, 5) is 21.1. The lowest BCUT2D eigenvalue weighted by molar-refractivity contribution is -0.384. The number of carbonyl (C=O) groups excluding carboxylic acids is 1. The van der Waals surface area contributed by atoms with Gasteiger partial charge in [-0.2, -0.15) is 5.26 Å². The minimum absolute atomic E-state index is 0.0632. The van der Waals surface area contributed by atoms with Crippen LogP contribution in [0.2, 0.25) is 0 Å². The van der Waals surface area contributed by atoms with Gasteiger partial charge in [0, 0.05) is 12.1 Å². The van der Waals surface area contributed by atoms with Gasteiger partial charge in [-0.1, -0.05) is 0 Å². The van der Waals surface area contributed by atoms with Gasteiger partial charge in [0.2, 0.25) is 0 Å². The first kappa shape index (κ1) is 12.0. The van der Waals surface area contributed by atoms with Gasteiger partial charge in [-0.05, 0) is 23.9 Å². The minimum atomic E-state index is -0.613. The lowest BCUT2D eigenvalue weighted by Crippen LogP contribution is -2.04. The van der Waals surface area contributed by atoms with Crippen molar-refractivity contribution in [2.45, 2.75) is 0 Å². The molecule has 0 aliphatic rings. The van der Waals surface area contributed by atoms with E-state index < -0.39 is 10.9 Å². The standard InChI is InChI=1S/C9H6N2O4S/c10-5-16-6-15-9(12)7-1-3-8(4-2-7)11(13)14/h1-4H,6H2. The van der Waals surface area contributed by atoms with E-state index in [4.69, 9.17) is 10.00 Å². The molecular formula is C9H6N2O4S. The van der Waals surface area contributed by atoms with Gasteiger partial charge >= 0.3 is 5.97 Å². The third-order valence-electron chi connectivity index (χ3n) is 1.63. The fraction of sp³-hybridized carbons (Fsp3) is 0.111. The van der Waals surface area contributed by atoms with Crippen molar-refractivity contribution in [3.63, 3.8) is 0 Å². The molecule has 0 fully saturated rings. The third-order valence-corrected chi connectivity index (χ3v) is 1.99. The second-order valence-electron chi connectivity index (χ2n) is 2.59. The van der Waals surface area contributed by atoms with Crippen molar-refractivity contribution in [3.05, 3.63) is 39.9 Å². The molecule has 0 aromatic heterocycles. The summed E-state index contributed by atoms with van der Waals surface area (Å²) in [5.41, 5.74) is 0.118. The van der Waals surface area contributed by atoms with Crippen molar-refractivity contribution in [1.29, 1.82) is 5.26 Å². The number of rotatable bonds is 4. The molecule has 1 aromatic rings. The number of thiocyanates is 1. The molecule has 0 spiro atoms. The topological polar surface area (TPSA) is 93.2 Å². The summed E-state index contributed by atoms with van der Waals surface area (Å²) in [5.74, 6) is -0.676. The molecular weight excluding hydrogens is 232 g/mol. The molecule has 0 unspecified atom stereocenters. The van der Waals surface area contributed by atoms with Crippen molar-refractivity contribution in [1.82, 2.24) is 0 Å². The van der Waals surface area contributed by atoms with E-state index in [1.807, 2.05) is 0 Å². The Morgan fingerprint density at radius 1 is 1.50 bits per heavy atom. The molecule has 0 amide bonds. The van der Waals surface area contributed by atoms with Gasteiger partial charge < -0.3 is 4.74 Å². The molecule has 6 nitrogen and oxygen atoms in total. The molecule has 16 heavy (non-hydrogen) atoms. The van der Waals surface area contributed by atoms with E-state index in [1.54, 1.807) is 5.40 Å². The van der Waals surface area contributed by atoms with Crippen LogP contribution in [0.5, 0.6) is 0 Å². The number of ether oxygens (including phenoxy) is 1. The first-order valence-corrected chi connectivity index (χ1v) is 5.06. The van der Waals surface area contributed by atoms with Gasteiger partial charge in [0.1, 0.15) is 5.40 Å². The maximum Gasteiger partial charge on any atom is 0.338 e. The van der Waals surface area contributed by atoms with E-state index in [1.165, 1.54) is 24.3 Å². The summed E-state index contributed by atoms with van der Waals surface area (Å²) in [6.45, 7) is 0. The van der Waals surface area contributed by atoms with Crippen LogP contribution >= 0.6 is 11.8 Å². The zero-order chi connectivity index (χ0) is 12.0. The zero-order valence-corrected chi connectivity index (χ0v) is 8.77. The predicted octanol–water partition coefficient (Wildman–Crippen LogP) is 1.92. The Balaban J connectivity index is 2.64. The number of non-ortho nitro benzene ring substituents is 1. The lowest BCUT2D eigenvalue weighted by atomic mass is 10.2. The van der Waals surface area contributed by atoms with Gasteiger partial charge in [0.15, 0.2) is 5.94 Å². The number of thioether (sulfide) groups is 1. The highest BCUT2D eigenvalue weighted by Gasteiger charge is 2.10. The fourth-order valence-electron chi connectivity index (χ4n) is 0.912. The largest absolute Gasteiger partial charge is 0.450 e. The van der Waals surface area contributed by atoms with Crippen LogP contribution in [0.25, 0.3) is 0 Å². The number of esters is 1. The van der Waals surface area contributed by atoms with Crippen molar-refractivity contribution >= 4 is 23.4 Å².